The molecule has 0 aliphatic carbocycles. The quantitative estimate of drug-likeness (QED) is 0.832. The molecular formula is C11H13NO3. The molecule has 0 fully saturated rings. The SMILES string of the molecule is CN(CCO)c1ccc(-c2ccco2)o1. The van der Waals surface area contributed by atoms with E-state index in [9.17, 15) is 0 Å². The Kier molecular flexibility index (Phi) is 2.78. The van der Waals surface area contributed by atoms with Crippen LogP contribution in [-0.4, -0.2) is 25.3 Å². The summed E-state index contributed by atoms with van der Waals surface area (Å²) in [6.45, 7) is 0.651. The highest BCUT2D eigenvalue weighted by atomic mass is 16.4. The first-order valence-electron chi connectivity index (χ1n) is 4.77. The lowest BCUT2D eigenvalue weighted by molar-refractivity contribution is 0.302. The van der Waals surface area contributed by atoms with E-state index in [2.05, 4.69) is 0 Å². The molecule has 0 aliphatic heterocycles. The smallest absolute Gasteiger partial charge is 0.196 e. The first kappa shape index (κ1) is 9.86. The Bertz CT molecular complexity index is 405. The second-order valence-electron chi connectivity index (χ2n) is 3.26. The van der Waals surface area contributed by atoms with Gasteiger partial charge in [-0.2, -0.15) is 0 Å². The minimum Gasteiger partial charge on any atom is -0.461 e. The topological polar surface area (TPSA) is 49.8 Å². The van der Waals surface area contributed by atoms with Crippen molar-refractivity contribution < 1.29 is 13.9 Å². The molecule has 0 amide bonds. The summed E-state index contributed by atoms with van der Waals surface area (Å²) in [5.41, 5.74) is 0. The van der Waals surface area contributed by atoms with Gasteiger partial charge in [-0.15, -0.1) is 0 Å². The van der Waals surface area contributed by atoms with Crippen molar-refractivity contribution in [2.45, 2.75) is 0 Å². The standard InChI is InChI=1S/C11H13NO3/c1-12(6-7-13)11-5-4-10(15-11)9-3-2-8-14-9/h2-5,8,13H,6-7H2,1H3. The Labute approximate surface area is 87.7 Å². The van der Waals surface area contributed by atoms with Crippen LogP contribution in [0.5, 0.6) is 0 Å². The second-order valence-corrected chi connectivity index (χ2v) is 3.26. The number of nitrogens with zero attached hydrogens (tertiary/aromatic N) is 1. The maximum atomic E-state index is 8.79. The van der Waals surface area contributed by atoms with Crippen molar-refractivity contribution in [2.75, 3.05) is 25.1 Å². The van der Waals surface area contributed by atoms with E-state index in [1.54, 1.807) is 6.26 Å². The Morgan fingerprint density at radius 1 is 1.27 bits per heavy atom. The van der Waals surface area contributed by atoms with Crippen LogP contribution in [0.25, 0.3) is 11.5 Å². The Morgan fingerprint density at radius 3 is 2.80 bits per heavy atom. The van der Waals surface area contributed by atoms with E-state index in [0.29, 0.717) is 18.1 Å². The zero-order chi connectivity index (χ0) is 10.7. The van der Waals surface area contributed by atoms with Crippen molar-refractivity contribution in [2.24, 2.45) is 0 Å². The monoisotopic (exact) mass is 207 g/mol. The minimum atomic E-state index is 0.104. The molecule has 0 unspecified atom stereocenters. The zero-order valence-corrected chi connectivity index (χ0v) is 8.51. The second kappa shape index (κ2) is 4.23. The summed E-state index contributed by atoms with van der Waals surface area (Å²) >= 11 is 0. The lowest BCUT2D eigenvalue weighted by Crippen LogP contribution is -2.20. The molecule has 1 N–H and O–H groups in total. The summed E-state index contributed by atoms with van der Waals surface area (Å²) in [5, 5.41) is 8.79. The fourth-order valence-corrected chi connectivity index (χ4v) is 1.34. The van der Waals surface area contributed by atoms with Gasteiger partial charge in [0, 0.05) is 19.7 Å². The highest BCUT2D eigenvalue weighted by molar-refractivity contribution is 5.53. The molecule has 2 aromatic heterocycles. The van der Waals surface area contributed by atoms with Gasteiger partial charge in [-0.05, 0) is 18.2 Å². The van der Waals surface area contributed by atoms with Crippen LogP contribution in [0.4, 0.5) is 5.88 Å². The Hall–Kier alpha value is -1.68. The number of likely N-dealkylation sites (N-methyl/N-ethyl adjacent to an activating group) is 1. The molecule has 4 nitrogen and oxygen atoms in total. The molecule has 2 heterocycles. The molecular weight excluding hydrogens is 194 g/mol. The molecule has 0 bridgehead atoms. The fourth-order valence-electron chi connectivity index (χ4n) is 1.34. The molecule has 0 spiro atoms. The van der Waals surface area contributed by atoms with Gasteiger partial charge in [0.1, 0.15) is 0 Å². The summed E-state index contributed by atoms with van der Waals surface area (Å²) in [7, 11) is 1.86. The summed E-state index contributed by atoms with van der Waals surface area (Å²) in [5.74, 6) is 2.12. The van der Waals surface area contributed by atoms with E-state index in [1.165, 1.54) is 0 Å². The van der Waals surface area contributed by atoms with Gasteiger partial charge < -0.3 is 18.8 Å². The van der Waals surface area contributed by atoms with Crippen molar-refractivity contribution in [1.82, 2.24) is 0 Å². The summed E-state index contributed by atoms with van der Waals surface area (Å²) < 4.78 is 10.8. The zero-order valence-electron chi connectivity index (χ0n) is 8.51. The van der Waals surface area contributed by atoms with Crippen molar-refractivity contribution in [3.8, 4) is 11.5 Å². The van der Waals surface area contributed by atoms with Crippen LogP contribution in [-0.2, 0) is 0 Å². The van der Waals surface area contributed by atoms with Crippen molar-refractivity contribution in [3.63, 3.8) is 0 Å². The molecule has 80 valence electrons. The van der Waals surface area contributed by atoms with E-state index in [1.807, 2.05) is 36.2 Å². The third kappa shape index (κ3) is 2.05. The van der Waals surface area contributed by atoms with Crippen molar-refractivity contribution in [1.29, 1.82) is 0 Å². The predicted molar refractivity (Wildman–Crippen MR) is 56.8 cm³/mol. The number of anilines is 1. The van der Waals surface area contributed by atoms with E-state index in [-0.39, 0.29) is 6.61 Å². The number of aliphatic hydroxyl groups is 1. The van der Waals surface area contributed by atoms with Crippen LogP contribution >= 0.6 is 0 Å². The molecule has 4 heteroatoms. The van der Waals surface area contributed by atoms with Gasteiger partial charge in [0.05, 0.1) is 12.9 Å². The highest BCUT2D eigenvalue weighted by Crippen LogP contribution is 2.26. The van der Waals surface area contributed by atoms with Crippen LogP contribution in [0.2, 0.25) is 0 Å². The molecule has 0 atom stereocenters. The lowest BCUT2D eigenvalue weighted by Gasteiger charge is -2.13. The van der Waals surface area contributed by atoms with Gasteiger partial charge in [-0.25, -0.2) is 0 Å². The molecule has 0 saturated heterocycles. The third-order valence-electron chi connectivity index (χ3n) is 2.17. The highest BCUT2D eigenvalue weighted by Gasteiger charge is 2.09. The van der Waals surface area contributed by atoms with Crippen LogP contribution in [0, 0.1) is 0 Å². The number of rotatable bonds is 4. The van der Waals surface area contributed by atoms with Gasteiger partial charge in [-0.1, -0.05) is 0 Å². The van der Waals surface area contributed by atoms with Crippen LogP contribution in [0.1, 0.15) is 0 Å². The van der Waals surface area contributed by atoms with Gasteiger partial charge in [0.15, 0.2) is 17.4 Å². The molecule has 0 aliphatic rings. The number of aliphatic hydroxyl groups excluding tert-OH is 1. The van der Waals surface area contributed by atoms with E-state index in [0.717, 1.165) is 5.88 Å². The van der Waals surface area contributed by atoms with Crippen molar-refractivity contribution in [3.05, 3.63) is 30.5 Å². The Morgan fingerprint density at radius 2 is 2.13 bits per heavy atom. The van der Waals surface area contributed by atoms with E-state index < -0.39 is 0 Å². The van der Waals surface area contributed by atoms with E-state index >= 15 is 0 Å². The summed E-state index contributed by atoms with van der Waals surface area (Å²) in [4.78, 5) is 1.84. The number of hydrogen-bond acceptors (Lipinski definition) is 4. The average molecular weight is 207 g/mol. The molecule has 0 radical (unpaired) electrons. The van der Waals surface area contributed by atoms with Gasteiger partial charge in [-0.3, -0.25) is 0 Å². The minimum absolute atomic E-state index is 0.104. The van der Waals surface area contributed by atoms with Crippen LogP contribution in [0.3, 0.4) is 0 Å². The average Bonchev–Trinajstić information content (AvgIpc) is 2.89. The van der Waals surface area contributed by atoms with E-state index in [4.69, 9.17) is 13.9 Å². The maximum Gasteiger partial charge on any atom is 0.196 e. The van der Waals surface area contributed by atoms with Gasteiger partial charge in [0.25, 0.3) is 0 Å². The van der Waals surface area contributed by atoms with Crippen molar-refractivity contribution >= 4 is 5.88 Å². The van der Waals surface area contributed by atoms with Crippen LogP contribution < -0.4 is 4.90 Å². The predicted octanol–water partition coefficient (Wildman–Crippen LogP) is 1.97. The Balaban J connectivity index is 2.17. The molecule has 2 rings (SSSR count). The van der Waals surface area contributed by atoms with Gasteiger partial charge >= 0.3 is 0 Å². The summed E-state index contributed by atoms with van der Waals surface area (Å²) in [6, 6.07) is 7.36. The molecule has 15 heavy (non-hydrogen) atoms. The number of hydrogen-bond donors (Lipinski definition) is 1. The molecule has 0 saturated carbocycles. The summed E-state index contributed by atoms with van der Waals surface area (Å²) in [6.07, 6.45) is 1.61. The van der Waals surface area contributed by atoms with Gasteiger partial charge in [0.2, 0.25) is 0 Å². The molecule has 0 aromatic carbocycles. The maximum absolute atomic E-state index is 8.79. The lowest BCUT2D eigenvalue weighted by atomic mass is 10.3. The fraction of sp³-hybridized carbons (Fsp3) is 0.273. The third-order valence-corrected chi connectivity index (χ3v) is 2.17. The largest absolute Gasteiger partial charge is 0.461 e. The first-order valence-corrected chi connectivity index (χ1v) is 4.77. The normalized spacial score (nSPS) is 10.5. The first-order chi connectivity index (χ1) is 7.31. The number of furan rings is 2. The molecule has 2 aromatic rings. The van der Waals surface area contributed by atoms with Crippen LogP contribution in [0.15, 0.2) is 39.4 Å².